The Labute approximate surface area is 79.0 Å². The number of nitrogens with one attached hydrogen (secondary N) is 1. The van der Waals surface area contributed by atoms with Gasteiger partial charge in [0.05, 0.1) is 20.1 Å². The smallest absolute Gasteiger partial charge is 0.129 e. The van der Waals surface area contributed by atoms with Gasteiger partial charge in [-0.1, -0.05) is 0 Å². The van der Waals surface area contributed by atoms with Crippen molar-refractivity contribution in [2.75, 3.05) is 38.5 Å². The van der Waals surface area contributed by atoms with Gasteiger partial charge in [0.2, 0.25) is 0 Å². The van der Waals surface area contributed by atoms with Crippen molar-refractivity contribution >= 4 is 5.69 Å². The molecule has 13 heavy (non-hydrogen) atoms. The van der Waals surface area contributed by atoms with Crippen LogP contribution >= 0.6 is 0 Å². The van der Waals surface area contributed by atoms with Crippen LogP contribution in [0.3, 0.4) is 0 Å². The number of aromatic nitrogens is 1. The fourth-order valence-electron chi connectivity index (χ4n) is 1.33. The molecule has 0 amide bonds. The van der Waals surface area contributed by atoms with Crippen molar-refractivity contribution in [2.24, 2.45) is 0 Å². The number of anilines is 1. The lowest BCUT2D eigenvalue weighted by atomic mass is 10.4. The van der Waals surface area contributed by atoms with Crippen LogP contribution in [-0.2, 0) is 0 Å². The first-order chi connectivity index (χ1) is 6.29. The average Bonchev–Trinajstić information content (AvgIpc) is 2.86. The molecule has 1 saturated heterocycles. The van der Waals surface area contributed by atoms with E-state index in [0.717, 1.165) is 6.54 Å². The molecule has 2 rings (SSSR count). The zero-order chi connectivity index (χ0) is 9.15. The van der Waals surface area contributed by atoms with Crippen LogP contribution < -0.4 is 5.32 Å². The zero-order valence-electron chi connectivity index (χ0n) is 8.03. The van der Waals surface area contributed by atoms with E-state index in [1.807, 2.05) is 24.5 Å². The van der Waals surface area contributed by atoms with E-state index < -0.39 is 0 Å². The maximum atomic E-state index is 3.97. The Balaban J connectivity index is 1.74. The third kappa shape index (κ3) is 2.42. The van der Waals surface area contributed by atoms with Gasteiger partial charge < -0.3 is 9.80 Å². The van der Waals surface area contributed by atoms with Gasteiger partial charge in [-0.15, -0.1) is 0 Å². The fraction of sp³-hybridized carbons (Fsp3) is 0.500. The number of hydrogen-bond donors (Lipinski definition) is 1. The Kier molecular flexibility index (Phi) is 2.19. The lowest BCUT2D eigenvalue weighted by Gasteiger charge is -2.12. The number of likely N-dealkylation sites (N-methyl/N-ethyl adjacent to an activating group) is 1. The highest BCUT2D eigenvalue weighted by atomic mass is 15.4. The van der Waals surface area contributed by atoms with Crippen molar-refractivity contribution in [1.82, 2.24) is 4.98 Å². The van der Waals surface area contributed by atoms with E-state index in [1.54, 1.807) is 0 Å². The van der Waals surface area contributed by atoms with Crippen LogP contribution in [0.4, 0.5) is 5.69 Å². The minimum absolute atomic E-state index is 1.06. The summed E-state index contributed by atoms with van der Waals surface area (Å²) in [6, 6.07) is 4.00. The molecule has 3 heteroatoms. The molecule has 3 nitrogen and oxygen atoms in total. The first-order valence-electron chi connectivity index (χ1n) is 4.76. The first-order valence-corrected chi connectivity index (χ1v) is 4.76. The summed E-state index contributed by atoms with van der Waals surface area (Å²) in [5.41, 5.74) is 1.17. The van der Waals surface area contributed by atoms with Crippen LogP contribution in [0.5, 0.6) is 0 Å². The molecule has 0 saturated carbocycles. The van der Waals surface area contributed by atoms with Crippen molar-refractivity contribution < 1.29 is 4.48 Å². The zero-order valence-corrected chi connectivity index (χ0v) is 8.03. The molecule has 0 atom stereocenters. The summed E-state index contributed by atoms with van der Waals surface area (Å²) in [5, 5.41) is 3.39. The summed E-state index contributed by atoms with van der Waals surface area (Å²) < 4.78 is 1.23. The van der Waals surface area contributed by atoms with Gasteiger partial charge in [-0.2, -0.15) is 0 Å². The molecule has 1 aromatic rings. The van der Waals surface area contributed by atoms with E-state index in [0.29, 0.717) is 0 Å². The summed E-state index contributed by atoms with van der Waals surface area (Å²) in [5.74, 6) is 0. The van der Waals surface area contributed by atoms with Crippen molar-refractivity contribution in [3.05, 3.63) is 24.5 Å². The fourth-order valence-corrected chi connectivity index (χ4v) is 1.33. The maximum absolute atomic E-state index is 3.97. The van der Waals surface area contributed by atoms with Gasteiger partial charge in [-0.25, -0.2) is 0 Å². The third-order valence-electron chi connectivity index (χ3n) is 2.65. The molecule has 1 N–H and O–H groups in total. The van der Waals surface area contributed by atoms with E-state index in [9.17, 15) is 0 Å². The van der Waals surface area contributed by atoms with E-state index >= 15 is 0 Å². The summed E-state index contributed by atoms with van der Waals surface area (Å²) in [4.78, 5) is 3.97. The van der Waals surface area contributed by atoms with Gasteiger partial charge in [0.15, 0.2) is 0 Å². The number of quaternary nitrogens is 1. The van der Waals surface area contributed by atoms with Crippen LogP contribution in [0.25, 0.3) is 0 Å². The molecule has 1 aromatic heterocycles. The molecule has 0 radical (unpaired) electrons. The second-order valence-corrected chi connectivity index (χ2v) is 3.95. The minimum atomic E-state index is 1.06. The third-order valence-corrected chi connectivity index (χ3v) is 2.65. The maximum Gasteiger partial charge on any atom is 0.129 e. The van der Waals surface area contributed by atoms with Gasteiger partial charge >= 0.3 is 0 Å². The van der Waals surface area contributed by atoms with Crippen LogP contribution in [0.2, 0.25) is 0 Å². The quantitative estimate of drug-likeness (QED) is 0.548. The highest BCUT2D eigenvalue weighted by molar-refractivity contribution is 5.40. The molecular weight excluding hydrogens is 162 g/mol. The van der Waals surface area contributed by atoms with Gasteiger partial charge in [0, 0.05) is 18.1 Å². The summed E-state index contributed by atoms with van der Waals surface area (Å²) in [7, 11) is 2.30. The van der Waals surface area contributed by atoms with Crippen LogP contribution in [0.1, 0.15) is 0 Å². The normalized spacial score (nSPS) is 18.2. The van der Waals surface area contributed by atoms with Crippen molar-refractivity contribution in [3.8, 4) is 0 Å². The molecule has 0 spiro atoms. The first kappa shape index (κ1) is 8.51. The minimum Gasteiger partial charge on any atom is -0.379 e. The molecule has 0 aliphatic carbocycles. The van der Waals surface area contributed by atoms with Gasteiger partial charge in [0.25, 0.3) is 0 Å². The van der Waals surface area contributed by atoms with Crippen molar-refractivity contribution in [2.45, 2.75) is 0 Å². The molecule has 2 heterocycles. The molecular formula is C10H16N3+. The Morgan fingerprint density at radius 3 is 2.69 bits per heavy atom. The SMILES string of the molecule is C[N+]1(CCNc2ccncc2)CC1. The number of pyridine rings is 1. The van der Waals surface area contributed by atoms with E-state index in [1.165, 1.54) is 29.8 Å². The van der Waals surface area contributed by atoms with Crippen LogP contribution in [-0.4, -0.2) is 42.7 Å². The van der Waals surface area contributed by atoms with Gasteiger partial charge in [0.1, 0.15) is 13.1 Å². The molecule has 1 fully saturated rings. The second-order valence-electron chi connectivity index (χ2n) is 3.95. The lowest BCUT2D eigenvalue weighted by molar-refractivity contribution is -0.775. The molecule has 0 bridgehead atoms. The highest BCUT2D eigenvalue weighted by Crippen LogP contribution is 2.15. The predicted octanol–water partition coefficient (Wildman–Crippen LogP) is 0.954. The van der Waals surface area contributed by atoms with Gasteiger partial charge in [-0.3, -0.25) is 4.98 Å². The van der Waals surface area contributed by atoms with Gasteiger partial charge in [-0.05, 0) is 12.1 Å². The molecule has 70 valence electrons. The van der Waals surface area contributed by atoms with E-state index in [-0.39, 0.29) is 0 Å². The van der Waals surface area contributed by atoms with Crippen LogP contribution in [0, 0.1) is 0 Å². The highest BCUT2D eigenvalue weighted by Gasteiger charge is 2.35. The Morgan fingerprint density at radius 1 is 1.38 bits per heavy atom. The summed E-state index contributed by atoms with van der Waals surface area (Å²) >= 11 is 0. The Bertz CT molecular complexity index is 267. The summed E-state index contributed by atoms with van der Waals surface area (Å²) in [6.45, 7) is 4.97. The van der Waals surface area contributed by atoms with Crippen molar-refractivity contribution in [1.29, 1.82) is 0 Å². The predicted molar refractivity (Wildman–Crippen MR) is 53.5 cm³/mol. The van der Waals surface area contributed by atoms with Crippen LogP contribution in [0.15, 0.2) is 24.5 Å². The number of rotatable bonds is 4. The molecule has 0 aromatic carbocycles. The largest absolute Gasteiger partial charge is 0.379 e. The topological polar surface area (TPSA) is 24.9 Å². The Hall–Kier alpha value is -1.09. The lowest BCUT2D eigenvalue weighted by Crippen LogP contribution is -2.26. The van der Waals surface area contributed by atoms with E-state index in [4.69, 9.17) is 0 Å². The number of hydrogen-bond acceptors (Lipinski definition) is 2. The second kappa shape index (κ2) is 3.34. The molecule has 1 aliphatic heterocycles. The average molecular weight is 178 g/mol. The standard InChI is InChI=1S/C10H16N3/c1-13(8-9-13)7-6-12-10-2-4-11-5-3-10/h2-5H,6-9H2,1H3,(H,11,12)/q+1. The monoisotopic (exact) mass is 178 g/mol. The van der Waals surface area contributed by atoms with E-state index in [2.05, 4.69) is 17.3 Å². The Morgan fingerprint density at radius 2 is 2.08 bits per heavy atom. The molecule has 1 aliphatic rings. The van der Waals surface area contributed by atoms with Crippen molar-refractivity contribution in [3.63, 3.8) is 0 Å². The molecule has 0 unspecified atom stereocenters. The summed E-state index contributed by atoms with van der Waals surface area (Å²) in [6.07, 6.45) is 3.63. The number of nitrogens with zero attached hydrogens (tertiary/aromatic N) is 2.